The molecule has 3 atom stereocenters. The fourth-order valence-corrected chi connectivity index (χ4v) is 2.56. The first-order chi connectivity index (χ1) is 9.50. The highest BCUT2D eigenvalue weighted by Crippen LogP contribution is 2.19. The number of aliphatic hydroxyl groups is 1. The summed E-state index contributed by atoms with van der Waals surface area (Å²) < 4.78 is 10.8. The molecule has 5 heteroatoms. The number of ether oxygens (including phenoxy) is 2. The fraction of sp³-hybridized carbons (Fsp3) is 1.00. The van der Waals surface area contributed by atoms with Crippen LogP contribution in [-0.2, 0) is 9.47 Å². The molecule has 3 unspecified atom stereocenters. The summed E-state index contributed by atoms with van der Waals surface area (Å²) in [4.78, 5) is 0. The smallest absolute Gasteiger partial charge is 0.0911 e. The topological polar surface area (TPSA) is 54.0 Å². The van der Waals surface area contributed by atoms with Gasteiger partial charge in [0.15, 0.2) is 0 Å². The van der Waals surface area contributed by atoms with Crippen LogP contribution >= 0.6 is 0 Å². The zero-order valence-corrected chi connectivity index (χ0v) is 13.5. The molecule has 0 amide bonds. The minimum absolute atomic E-state index is 0.229. The van der Waals surface area contributed by atoms with Crippen LogP contribution in [-0.4, -0.2) is 60.8 Å². The van der Waals surface area contributed by atoms with Crippen LogP contribution in [0, 0.1) is 0 Å². The number of nitrogens with zero attached hydrogens (tertiary/aromatic N) is 1. The van der Waals surface area contributed by atoms with E-state index >= 15 is 0 Å². The van der Waals surface area contributed by atoms with Crippen LogP contribution in [0.25, 0.3) is 0 Å². The molecule has 1 saturated heterocycles. The van der Waals surface area contributed by atoms with E-state index in [9.17, 15) is 5.11 Å². The normalized spacial score (nSPS) is 26.1. The van der Waals surface area contributed by atoms with Gasteiger partial charge in [-0.3, -0.25) is 5.43 Å². The summed E-state index contributed by atoms with van der Waals surface area (Å²) in [6.07, 6.45) is 3.48. The van der Waals surface area contributed by atoms with Gasteiger partial charge in [0.25, 0.3) is 0 Å². The van der Waals surface area contributed by atoms with E-state index in [0.29, 0.717) is 38.4 Å². The molecular formula is C15H32N2O3. The minimum atomic E-state index is -0.477. The van der Waals surface area contributed by atoms with E-state index in [0.717, 1.165) is 0 Å². The maximum absolute atomic E-state index is 9.91. The lowest BCUT2D eigenvalue weighted by atomic mass is 10.00. The molecular weight excluding hydrogens is 256 g/mol. The zero-order valence-electron chi connectivity index (χ0n) is 13.5. The Morgan fingerprint density at radius 2 is 1.85 bits per heavy atom. The van der Waals surface area contributed by atoms with Gasteiger partial charge in [0.05, 0.1) is 32.0 Å². The quantitative estimate of drug-likeness (QED) is 0.631. The van der Waals surface area contributed by atoms with Gasteiger partial charge in [-0.25, -0.2) is 5.01 Å². The monoisotopic (exact) mass is 288 g/mol. The standard InChI is InChI=1S/C15H32N2O3/c1-12(2)20-9-8-19-11-15(18)10-16-17-13(3)6-5-7-14(17)4/h12-16,18H,5-11H2,1-4H3. The lowest BCUT2D eigenvalue weighted by Crippen LogP contribution is -2.54. The minimum Gasteiger partial charge on any atom is -0.389 e. The molecule has 0 aliphatic carbocycles. The number of hydrogen-bond acceptors (Lipinski definition) is 5. The van der Waals surface area contributed by atoms with Crippen molar-refractivity contribution in [2.45, 2.75) is 71.2 Å². The molecule has 0 bridgehead atoms. The van der Waals surface area contributed by atoms with Crippen LogP contribution in [0.4, 0.5) is 0 Å². The Bertz CT molecular complexity index is 241. The van der Waals surface area contributed by atoms with Crippen molar-refractivity contribution >= 4 is 0 Å². The van der Waals surface area contributed by atoms with Crippen LogP contribution in [0.5, 0.6) is 0 Å². The molecule has 5 nitrogen and oxygen atoms in total. The molecule has 0 radical (unpaired) electrons. The Morgan fingerprint density at radius 1 is 1.20 bits per heavy atom. The lowest BCUT2D eigenvalue weighted by Gasteiger charge is -2.39. The third kappa shape index (κ3) is 6.99. The second-order valence-electron chi connectivity index (χ2n) is 6.05. The SMILES string of the molecule is CC(C)OCCOCC(O)CNN1C(C)CCCC1C. The molecule has 0 aromatic heterocycles. The summed E-state index contributed by atoms with van der Waals surface area (Å²) in [5.41, 5.74) is 3.35. The van der Waals surface area contributed by atoms with Gasteiger partial charge in [-0.05, 0) is 40.5 Å². The molecule has 1 rings (SSSR count). The van der Waals surface area contributed by atoms with Crippen molar-refractivity contribution in [3.8, 4) is 0 Å². The van der Waals surface area contributed by atoms with Crippen molar-refractivity contribution in [1.82, 2.24) is 10.4 Å². The summed E-state index contributed by atoms with van der Waals surface area (Å²) in [7, 11) is 0. The van der Waals surface area contributed by atoms with Crippen molar-refractivity contribution in [3.05, 3.63) is 0 Å². The zero-order chi connectivity index (χ0) is 15.0. The predicted octanol–water partition coefficient (Wildman–Crippen LogP) is 1.56. The van der Waals surface area contributed by atoms with Gasteiger partial charge >= 0.3 is 0 Å². The van der Waals surface area contributed by atoms with E-state index in [4.69, 9.17) is 9.47 Å². The Labute approximate surface area is 123 Å². The van der Waals surface area contributed by atoms with Gasteiger partial charge < -0.3 is 14.6 Å². The molecule has 0 aromatic carbocycles. The molecule has 0 saturated carbocycles. The predicted molar refractivity (Wildman–Crippen MR) is 80.5 cm³/mol. The van der Waals surface area contributed by atoms with Gasteiger partial charge in [-0.2, -0.15) is 0 Å². The van der Waals surface area contributed by atoms with Gasteiger partial charge in [0, 0.05) is 18.6 Å². The van der Waals surface area contributed by atoms with Crippen LogP contribution in [0.1, 0.15) is 47.0 Å². The number of aliphatic hydroxyl groups excluding tert-OH is 1. The Morgan fingerprint density at radius 3 is 2.45 bits per heavy atom. The van der Waals surface area contributed by atoms with Crippen molar-refractivity contribution in [2.24, 2.45) is 0 Å². The van der Waals surface area contributed by atoms with E-state index in [1.165, 1.54) is 19.3 Å². The average Bonchev–Trinajstić information content (AvgIpc) is 2.37. The highest BCUT2D eigenvalue weighted by molar-refractivity contribution is 4.77. The van der Waals surface area contributed by atoms with Crippen molar-refractivity contribution in [3.63, 3.8) is 0 Å². The maximum atomic E-state index is 9.91. The van der Waals surface area contributed by atoms with Gasteiger partial charge in [-0.1, -0.05) is 6.42 Å². The maximum Gasteiger partial charge on any atom is 0.0911 e. The van der Waals surface area contributed by atoms with Gasteiger partial charge in [0.2, 0.25) is 0 Å². The highest BCUT2D eigenvalue weighted by atomic mass is 16.5. The average molecular weight is 288 g/mol. The number of nitrogens with one attached hydrogen (secondary N) is 1. The summed E-state index contributed by atoms with van der Waals surface area (Å²) in [6.45, 7) is 10.5. The number of hydrazine groups is 1. The Kier molecular flexibility index (Phi) is 8.64. The van der Waals surface area contributed by atoms with Crippen molar-refractivity contribution in [1.29, 1.82) is 0 Å². The second kappa shape index (κ2) is 9.68. The molecule has 2 N–H and O–H groups in total. The first-order valence-corrected chi connectivity index (χ1v) is 7.90. The van der Waals surface area contributed by atoms with Crippen LogP contribution < -0.4 is 5.43 Å². The summed E-state index contributed by atoms with van der Waals surface area (Å²) in [5.74, 6) is 0. The molecule has 1 heterocycles. The summed E-state index contributed by atoms with van der Waals surface area (Å²) >= 11 is 0. The van der Waals surface area contributed by atoms with E-state index in [-0.39, 0.29) is 6.10 Å². The van der Waals surface area contributed by atoms with Crippen LogP contribution in [0.2, 0.25) is 0 Å². The van der Waals surface area contributed by atoms with Crippen molar-refractivity contribution in [2.75, 3.05) is 26.4 Å². The molecule has 120 valence electrons. The van der Waals surface area contributed by atoms with Crippen molar-refractivity contribution < 1.29 is 14.6 Å². The van der Waals surface area contributed by atoms with E-state index in [1.807, 2.05) is 13.8 Å². The van der Waals surface area contributed by atoms with E-state index in [2.05, 4.69) is 24.3 Å². The molecule has 1 fully saturated rings. The third-order valence-corrected chi connectivity index (χ3v) is 3.69. The summed E-state index contributed by atoms with van der Waals surface area (Å²) in [5, 5.41) is 12.2. The van der Waals surface area contributed by atoms with Gasteiger partial charge in [-0.15, -0.1) is 0 Å². The number of hydrogen-bond donors (Lipinski definition) is 2. The molecule has 0 spiro atoms. The Balaban J connectivity index is 2.08. The first-order valence-electron chi connectivity index (χ1n) is 7.90. The molecule has 20 heavy (non-hydrogen) atoms. The number of rotatable bonds is 9. The highest BCUT2D eigenvalue weighted by Gasteiger charge is 2.24. The number of piperidine rings is 1. The first kappa shape index (κ1) is 17.9. The molecule has 0 aromatic rings. The lowest BCUT2D eigenvalue weighted by molar-refractivity contribution is -0.0239. The second-order valence-corrected chi connectivity index (χ2v) is 6.05. The Hall–Kier alpha value is -0.200. The van der Waals surface area contributed by atoms with Crippen LogP contribution in [0.15, 0.2) is 0 Å². The third-order valence-electron chi connectivity index (χ3n) is 3.69. The van der Waals surface area contributed by atoms with Gasteiger partial charge in [0.1, 0.15) is 0 Å². The molecule has 1 aliphatic heterocycles. The molecule has 1 aliphatic rings. The largest absolute Gasteiger partial charge is 0.389 e. The fourth-order valence-electron chi connectivity index (χ4n) is 2.56. The van der Waals surface area contributed by atoms with E-state index < -0.39 is 6.10 Å². The van der Waals surface area contributed by atoms with Crippen LogP contribution in [0.3, 0.4) is 0 Å². The van der Waals surface area contributed by atoms with E-state index in [1.54, 1.807) is 0 Å². The summed E-state index contributed by atoms with van der Waals surface area (Å²) in [6, 6.07) is 1.07.